The minimum atomic E-state index is -0.104. The van der Waals surface area contributed by atoms with E-state index in [0.29, 0.717) is 18.8 Å². The molecule has 3 saturated heterocycles. The number of hydrogen-bond donors (Lipinski definition) is 0. The lowest BCUT2D eigenvalue weighted by atomic mass is 9.95. The van der Waals surface area contributed by atoms with Crippen LogP contribution in [0.4, 0.5) is 5.69 Å². The Kier molecular flexibility index (Phi) is 4.19. The Labute approximate surface area is 151 Å². The summed E-state index contributed by atoms with van der Waals surface area (Å²) in [4.78, 5) is 43.8. The molecule has 3 fully saturated rings. The number of piperidine rings is 1. The largest absolute Gasteiger partial charge is 0.341 e. The first-order chi connectivity index (χ1) is 12.0. The second-order valence-corrected chi connectivity index (χ2v) is 7.93. The summed E-state index contributed by atoms with van der Waals surface area (Å²) < 4.78 is 0. The van der Waals surface area contributed by atoms with Crippen LogP contribution in [0.2, 0.25) is 0 Å². The molecule has 0 N–H and O–H groups in total. The number of para-hydroxylation sites is 1. The Hall–Kier alpha value is -2.02. The van der Waals surface area contributed by atoms with Crippen molar-refractivity contribution in [1.29, 1.82) is 0 Å². The molecule has 4 aliphatic heterocycles. The van der Waals surface area contributed by atoms with Gasteiger partial charge in [-0.25, -0.2) is 0 Å². The number of likely N-dealkylation sites (N-methyl/N-ethyl adjacent to an activating group) is 1. The van der Waals surface area contributed by atoms with E-state index in [0.717, 1.165) is 23.4 Å². The SMILES string of the molecule is CN1C(=O)[C@@H]2CC[C@H]1CN(C(=O)CN1C(=O)CSc3ccccc31)C2. The van der Waals surface area contributed by atoms with Crippen molar-refractivity contribution in [3.8, 4) is 0 Å². The van der Waals surface area contributed by atoms with E-state index in [1.54, 1.807) is 14.7 Å². The molecule has 3 amide bonds. The molecule has 25 heavy (non-hydrogen) atoms. The van der Waals surface area contributed by atoms with Crippen LogP contribution in [-0.4, -0.2) is 66.0 Å². The fraction of sp³-hybridized carbons (Fsp3) is 0.500. The number of nitrogens with zero attached hydrogens (tertiary/aromatic N) is 3. The molecule has 4 aliphatic rings. The Balaban J connectivity index is 1.53. The van der Waals surface area contributed by atoms with Gasteiger partial charge in [0, 0.05) is 31.1 Å². The van der Waals surface area contributed by atoms with Crippen molar-refractivity contribution in [1.82, 2.24) is 9.80 Å². The van der Waals surface area contributed by atoms with Crippen molar-refractivity contribution in [2.45, 2.75) is 23.8 Å². The lowest BCUT2D eigenvalue weighted by molar-refractivity contribution is -0.138. The van der Waals surface area contributed by atoms with E-state index in [-0.39, 0.29) is 36.2 Å². The van der Waals surface area contributed by atoms with Gasteiger partial charge >= 0.3 is 0 Å². The number of carbonyl (C=O) groups is 3. The maximum atomic E-state index is 12.9. The van der Waals surface area contributed by atoms with Gasteiger partial charge in [0.15, 0.2) is 0 Å². The topological polar surface area (TPSA) is 60.9 Å². The third-order valence-electron chi connectivity index (χ3n) is 5.42. The minimum Gasteiger partial charge on any atom is -0.341 e. The number of anilines is 1. The van der Waals surface area contributed by atoms with Gasteiger partial charge < -0.3 is 14.7 Å². The summed E-state index contributed by atoms with van der Waals surface area (Å²) in [7, 11) is 1.83. The van der Waals surface area contributed by atoms with Gasteiger partial charge in [-0.3, -0.25) is 14.4 Å². The molecular weight excluding hydrogens is 338 g/mol. The lowest BCUT2D eigenvalue weighted by Gasteiger charge is -2.32. The van der Waals surface area contributed by atoms with Crippen LogP contribution in [0.15, 0.2) is 29.2 Å². The van der Waals surface area contributed by atoms with Crippen LogP contribution in [0.3, 0.4) is 0 Å². The lowest BCUT2D eigenvalue weighted by Crippen LogP contribution is -2.47. The predicted molar refractivity (Wildman–Crippen MR) is 95.4 cm³/mol. The zero-order valence-electron chi connectivity index (χ0n) is 14.2. The third kappa shape index (κ3) is 2.90. The summed E-state index contributed by atoms with van der Waals surface area (Å²) in [6.45, 7) is 1.08. The van der Waals surface area contributed by atoms with E-state index in [1.165, 1.54) is 11.8 Å². The summed E-state index contributed by atoms with van der Waals surface area (Å²) in [5, 5.41) is 0. The first kappa shape index (κ1) is 16.4. The van der Waals surface area contributed by atoms with Gasteiger partial charge in [-0.2, -0.15) is 0 Å². The van der Waals surface area contributed by atoms with E-state index in [9.17, 15) is 14.4 Å². The maximum Gasteiger partial charge on any atom is 0.242 e. The number of carbonyl (C=O) groups excluding carboxylic acids is 3. The number of thioether (sulfide) groups is 1. The van der Waals surface area contributed by atoms with Crippen molar-refractivity contribution in [2.75, 3.05) is 37.3 Å². The minimum absolute atomic E-state index is 0.0389. The van der Waals surface area contributed by atoms with Crippen molar-refractivity contribution in [3.05, 3.63) is 24.3 Å². The van der Waals surface area contributed by atoms with Crippen LogP contribution in [0.5, 0.6) is 0 Å². The van der Waals surface area contributed by atoms with Crippen LogP contribution in [0.25, 0.3) is 0 Å². The second-order valence-electron chi connectivity index (χ2n) is 6.91. The Bertz CT molecular complexity index is 738. The van der Waals surface area contributed by atoms with E-state index >= 15 is 0 Å². The maximum absolute atomic E-state index is 12.9. The first-order valence-corrected chi connectivity index (χ1v) is 9.60. The summed E-state index contributed by atoms with van der Waals surface area (Å²) in [5.74, 6) is 0.282. The molecule has 0 radical (unpaired) electrons. The summed E-state index contributed by atoms with van der Waals surface area (Å²) in [6, 6.07) is 7.78. The zero-order chi connectivity index (χ0) is 17.6. The zero-order valence-corrected chi connectivity index (χ0v) is 15.0. The van der Waals surface area contributed by atoms with E-state index in [2.05, 4.69) is 0 Å². The van der Waals surface area contributed by atoms with Crippen LogP contribution >= 0.6 is 11.8 Å². The van der Waals surface area contributed by atoms with E-state index in [4.69, 9.17) is 0 Å². The van der Waals surface area contributed by atoms with Crippen molar-refractivity contribution < 1.29 is 14.4 Å². The highest BCUT2D eigenvalue weighted by Gasteiger charge is 2.40. The molecule has 0 aliphatic carbocycles. The molecule has 7 heteroatoms. The molecule has 1 aromatic rings. The van der Waals surface area contributed by atoms with E-state index in [1.807, 2.05) is 31.3 Å². The average Bonchev–Trinajstić information content (AvgIpc) is 2.91. The normalized spacial score (nSPS) is 25.9. The van der Waals surface area contributed by atoms with E-state index < -0.39 is 0 Å². The third-order valence-corrected chi connectivity index (χ3v) is 6.47. The fourth-order valence-electron chi connectivity index (χ4n) is 3.92. The first-order valence-electron chi connectivity index (χ1n) is 8.61. The van der Waals surface area contributed by atoms with Crippen LogP contribution in [0.1, 0.15) is 12.8 Å². The van der Waals surface area contributed by atoms with Crippen LogP contribution < -0.4 is 4.90 Å². The van der Waals surface area contributed by atoms with Crippen molar-refractivity contribution >= 4 is 35.2 Å². The summed E-state index contributed by atoms with van der Waals surface area (Å²) >= 11 is 1.51. The quantitative estimate of drug-likeness (QED) is 0.796. The average molecular weight is 359 g/mol. The molecule has 0 unspecified atom stereocenters. The molecule has 2 bridgehead atoms. The summed E-state index contributed by atoms with van der Waals surface area (Å²) in [6.07, 6.45) is 1.79. The molecule has 0 aromatic heterocycles. The van der Waals surface area contributed by atoms with Gasteiger partial charge in [-0.05, 0) is 25.0 Å². The highest BCUT2D eigenvalue weighted by molar-refractivity contribution is 8.00. The molecule has 0 spiro atoms. The highest BCUT2D eigenvalue weighted by atomic mass is 32.2. The standard InChI is InChI=1S/C18H21N3O3S/c1-19-13-7-6-12(18(19)24)8-20(9-13)16(22)10-21-14-4-2-3-5-15(14)25-11-17(21)23/h2-5,12-13H,6-11H2,1H3/t12-,13+/m1/s1. The van der Waals surface area contributed by atoms with Crippen LogP contribution in [-0.2, 0) is 14.4 Å². The van der Waals surface area contributed by atoms with Gasteiger partial charge in [-0.15, -0.1) is 11.8 Å². The molecule has 1 aromatic carbocycles. The summed E-state index contributed by atoms with van der Waals surface area (Å²) in [5.41, 5.74) is 0.808. The molecular formula is C18H21N3O3S. The number of fused-ring (bicyclic) bond motifs is 5. The molecule has 132 valence electrons. The van der Waals surface area contributed by atoms with Gasteiger partial charge in [-0.1, -0.05) is 12.1 Å². The van der Waals surface area contributed by atoms with Gasteiger partial charge in [0.25, 0.3) is 0 Å². The predicted octanol–water partition coefficient (Wildman–Crippen LogP) is 1.20. The van der Waals surface area contributed by atoms with Gasteiger partial charge in [0.1, 0.15) is 6.54 Å². The molecule has 6 nitrogen and oxygen atoms in total. The fourth-order valence-corrected chi connectivity index (χ4v) is 4.86. The van der Waals surface area contributed by atoms with Crippen molar-refractivity contribution in [3.63, 3.8) is 0 Å². The number of benzene rings is 1. The molecule has 0 saturated carbocycles. The van der Waals surface area contributed by atoms with Crippen molar-refractivity contribution in [2.24, 2.45) is 5.92 Å². The number of amides is 3. The second kappa shape index (κ2) is 6.37. The molecule has 4 heterocycles. The monoisotopic (exact) mass is 359 g/mol. The smallest absolute Gasteiger partial charge is 0.242 e. The van der Waals surface area contributed by atoms with Gasteiger partial charge in [0.2, 0.25) is 17.7 Å². The Morgan fingerprint density at radius 3 is 2.84 bits per heavy atom. The van der Waals surface area contributed by atoms with Gasteiger partial charge in [0.05, 0.1) is 17.4 Å². The number of rotatable bonds is 2. The molecule has 2 atom stereocenters. The molecule has 5 rings (SSSR count). The highest BCUT2D eigenvalue weighted by Crippen LogP contribution is 2.35. The Morgan fingerprint density at radius 2 is 2.00 bits per heavy atom. The Morgan fingerprint density at radius 1 is 1.20 bits per heavy atom. The van der Waals surface area contributed by atoms with Crippen LogP contribution in [0, 0.1) is 5.92 Å². The number of hydrogen-bond acceptors (Lipinski definition) is 4.